The zero-order valence-corrected chi connectivity index (χ0v) is 31.7. The molecule has 11 heteroatoms. The van der Waals surface area contributed by atoms with Gasteiger partial charge in [-0.05, 0) is 89.0 Å². The number of likely N-dealkylation sites (tertiary alicyclic amines) is 2. The molecule has 1 N–H and O–H groups in total. The third-order valence-corrected chi connectivity index (χ3v) is 12.9. The third kappa shape index (κ3) is 8.04. The SMILES string of the molecule is CN1CCN(C(=O)[C@@H]2C[C@H](N(C(=O)C(C)(C)CO)C3CCC(C)(C)CC3)CN2C(=O)[C@@H]2CN(C3CCOCC3)C[C@H]2c2ccc(Cl)cc2)CC1. The maximum atomic E-state index is 15.2. The van der Waals surface area contributed by atoms with E-state index in [1.165, 1.54) is 0 Å². The molecule has 4 saturated heterocycles. The predicted molar refractivity (Wildman–Crippen MR) is 195 cm³/mol. The molecule has 0 aromatic heterocycles. The van der Waals surface area contributed by atoms with Crippen molar-refractivity contribution in [3.8, 4) is 0 Å². The summed E-state index contributed by atoms with van der Waals surface area (Å²) in [7, 11) is 2.07. The first-order chi connectivity index (χ1) is 23.8. The second-order valence-corrected chi connectivity index (χ2v) is 17.7. The van der Waals surface area contributed by atoms with Crippen molar-refractivity contribution in [3.63, 3.8) is 0 Å². The molecule has 1 aromatic carbocycles. The lowest BCUT2D eigenvalue weighted by Crippen LogP contribution is -2.55. The van der Waals surface area contributed by atoms with Crippen LogP contribution in [0.5, 0.6) is 0 Å². The van der Waals surface area contributed by atoms with Crippen LogP contribution in [0.2, 0.25) is 5.02 Å². The first-order valence-electron chi connectivity index (χ1n) is 19.1. The van der Waals surface area contributed by atoms with Crippen molar-refractivity contribution in [2.45, 2.75) is 103 Å². The van der Waals surface area contributed by atoms with Crippen molar-refractivity contribution in [2.75, 3.05) is 72.7 Å². The number of aliphatic hydroxyl groups is 1. The van der Waals surface area contributed by atoms with Crippen molar-refractivity contribution >= 4 is 29.3 Å². The van der Waals surface area contributed by atoms with Crippen LogP contribution in [0.4, 0.5) is 0 Å². The minimum atomic E-state index is -0.962. The van der Waals surface area contributed by atoms with Gasteiger partial charge in [-0.3, -0.25) is 19.3 Å². The molecule has 0 unspecified atom stereocenters. The van der Waals surface area contributed by atoms with Gasteiger partial charge in [-0.2, -0.15) is 0 Å². The van der Waals surface area contributed by atoms with E-state index >= 15 is 4.79 Å². The summed E-state index contributed by atoms with van der Waals surface area (Å²) in [4.78, 5) is 54.6. The molecule has 1 saturated carbocycles. The number of carbonyl (C=O) groups is 3. The highest BCUT2D eigenvalue weighted by Crippen LogP contribution is 2.42. The molecular weight excluding hydrogens is 654 g/mol. The molecule has 4 aliphatic heterocycles. The minimum absolute atomic E-state index is 0.00475. The van der Waals surface area contributed by atoms with E-state index in [0.29, 0.717) is 43.7 Å². The number of piperazine rings is 1. The van der Waals surface area contributed by atoms with Crippen molar-refractivity contribution in [1.82, 2.24) is 24.5 Å². The fraction of sp³-hybridized carbons (Fsp3) is 0.769. The maximum Gasteiger partial charge on any atom is 0.245 e. The second kappa shape index (κ2) is 15.4. The number of rotatable bonds is 8. The Hall–Kier alpha value is -2.24. The number of carbonyl (C=O) groups excluding carboxylic acids is 3. The van der Waals surface area contributed by atoms with Crippen LogP contribution in [0.15, 0.2) is 24.3 Å². The Morgan fingerprint density at radius 2 is 1.56 bits per heavy atom. The topological polar surface area (TPSA) is 96.9 Å². The Labute approximate surface area is 304 Å². The van der Waals surface area contributed by atoms with Crippen molar-refractivity contribution in [3.05, 3.63) is 34.9 Å². The van der Waals surface area contributed by atoms with Crippen LogP contribution in [0.25, 0.3) is 0 Å². The van der Waals surface area contributed by atoms with Gasteiger partial charge in [0, 0.05) is 82.1 Å². The Balaban J connectivity index is 1.33. The molecule has 50 heavy (non-hydrogen) atoms. The average molecular weight is 714 g/mol. The Bertz CT molecular complexity index is 1350. The zero-order valence-electron chi connectivity index (χ0n) is 31.0. The van der Waals surface area contributed by atoms with Gasteiger partial charge < -0.3 is 29.4 Å². The summed E-state index contributed by atoms with van der Waals surface area (Å²) in [6.07, 6.45) is 6.08. The van der Waals surface area contributed by atoms with E-state index in [-0.39, 0.29) is 53.7 Å². The number of likely N-dealkylation sites (N-methyl/N-ethyl adjacent to an activating group) is 1. The first-order valence-corrected chi connectivity index (χ1v) is 19.4. The number of nitrogens with zero attached hydrogens (tertiary/aromatic N) is 5. The summed E-state index contributed by atoms with van der Waals surface area (Å²) < 4.78 is 5.68. The van der Waals surface area contributed by atoms with E-state index in [4.69, 9.17) is 16.3 Å². The number of hydrogen-bond donors (Lipinski definition) is 1. The smallest absolute Gasteiger partial charge is 0.245 e. The van der Waals surface area contributed by atoms with Gasteiger partial charge in [-0.25, -0.2) is 0 Å². The van der Waals surface area contributed by atoms with Gasteiger partial charge in [0.25, 0.3) is 0 Å². The van der Waals surface area contributed by atoms with Gasteiger partial charge >= 0.3 is 0 Å². The number of hydrogen-bond acceptors (Lipinski definition) is 7. The van der Waals surface area contributed by atoms with Gasteiger partial charge in [-0.1, -0.05) is 37.6 Å². The highest BCUT2D eigenvalue weighted by Gasteiger charge is 2.52. The number of amides is 3. The predicted octanol–water partition coefficient (Wildman–Crippen LogP) is 4.09. The summed E-state index contributed by atoms with van der Waals surface area (Å²) in [5.74, 6) is -0.440. The molecule has 3 amide bonds. The van der Waals surface area contributed by atoms with Gasteiger partial charge in [0.1, 0.15) is 6.04 Å². The molecule has 0 radical (unpaired) electrons. The molecule has 0 bridgehead atoms. The molecule has 0 spiro atoms. The number of benzene rings is 1. The zero-order chi connectivity index (χ0) is 35.8. The molecule has 10 nitrogen and oxygen atoms in total. The Morgan fingerprint density at radius 1 is 0.920 bits per heavy atom. The highest BCUT2D eigenvalue weighted by atomic mass is 35.5. The molecule has 5 aliphatic rings. The summed E-state index contributed by atoms with van der Waals surface area (Å²) in [5, 5.41) is 11.0. The van der Waals surface area contributed by atoms with Crippen LogP contribution in [0, 0.1) is 16.7 Å². The molecule has 5 fully saturated rings. The van der Waals surface area contributed by atoms with E-state index < -0.39 is 11.5 Å². The molecular formula is C39H60ClN5O5. The van der Waals surface area contributed by atoms with Gasteiger partial charge in [0.2, 0.25) is 17.7 Å². The molecule has 1 aromatic rings. The Morgan fingerprint density at radius 3 is 2.18 bits per heavy atom. The number of halogens is 1. The van der Waals surface area contributed by atoms with E-state index in [1.54, 1.807) is 13.8 Å². The minimum Gasteiger partial charge on any atom is -0.395 e. The van der Waals surface area contributed by atoms with Crippen LogP contribution in [-0.2, 0) is 19.1 Å². The maximum absolute atomic E-state index is 15.2. The van der Waals surface area contributed by atoms with E-state index in [9.17, 15) is 14.7 Å². The van der Waals surface area contributed by atoms with Crippen LogP contribution in [0.1, 0.15) is 84.1 Å². The largest absolute Gasteiger partial charge is 0.395 e. The average Bonchev–Trinajstić information content (AvgIpc) is 3.75. The molecule has 4 heterocycles. The van der Waals surface area contributed by atoms with Crippen molar-refractivity contribution in [1.29, 1.82) is 0 Å². The van der Waals surface area contributed by atoms with Gasteiger partial charge in [0.15, 0.2) is 0 Å². The normalized spacial score (nSPS) is 29.0. The van der Waals surface area contributed by atoms with Crippen LogP contribution in [0.3, 0.4) is 0 Å². The summed E-state index contributed by atoms with van der Waals surface area (Å²) in [5.41, 5.74) is 0.341. The quantitative estimate of drug-likeness (QED) is 0.434. The first kappa shape index (κ1) is 37.5. The fourth-order valence-corrected chi connectivity index (χ4v) is 9.26. The number of ether oxygens (including phenoxy) is 1. The van der Waals surface area contributed by atoms with Gasteiger partial charge in [0.05, 0.1) is 24.0 Å². The second-order valence-electron chi connectivity index (χ2n) is 17.2. The highest BCUT2D eigenvalue weighted by molar-refractivity contribution is 6.30. The molecule has 278 valence electrons. The van der Waals surface area contributed by atoms with Crippen LogP contribution < -0.4 is 0 Å². The summed E-state index contributed by atoms with van der Waals surface area (Å²) >= 11 is 6.31. The summed E-state index contributed by atoms with van der Waals surface area (Å²) in [6, 6.07) is 7.33. The van der Waals surface area contributed by atoms with E-state index in [1.807, 2.05) is 39.0 Å². The fourth-order valence-electron chi connectivity index (χ4n) is 9.13. The lowest BCUT2D eigenvalue weighted by atomic mass is 9.74. The van der Waals surface area contributed by atoms with Crippen molar-refractivity contribution < 1.29 is 24.2 Å². The third-order valence-electron chi connectivity index (χ3n) is 12.6. The van der Waals surface area contributed by atoms with Gasteiger partial charge in [-0.15, -0.1) is 0 Å². The number of aliphatic hydroxyl groups excluding tert-OH is 1. The Kier molecular flexibility index (Phi) is 11.5. The van der Waals surface area contributed by atoms with E-state index in [2.05, 4.69) is 30.7 Å². The summed E-state index contributed by atoms with van der Waals surface area (Å²) in [6.45, 7) is 14.0. The monoisotopic (exact) mass is 713 g/mol. The molecule has 1 aliphatic carbocycles. The van der Waals surface area contributed by atoms with Crippen LogP contribution >= 0.6 is 11.6 Å². The lowest BCUT2D eigenvalue weighted by molar-refractivity contribution is -0.149. The molecule has 6 rings (SSSR count). The van der Waals surface area contributed by atoms with E-state index in [0.717, 1.165) is 76.9 Å². The standard InChI is InChI=1S/C39H60ClN5O5/c1-38(2)14-10-30(11-15-38)45(37(49)39(3,4)26-46)31-22-34(36(48)42-18-16-41(5)17-19-42)44(23-31)35(47)33-25-43(29-12-20-50-21-13-29)24-32(33)27-6-8-28(40)9-7-27/h6-9,29-34,46H,10-26H2,1-5H3/t31-,32-,33+,34-/m0/s1. The lowest BCUT2D eigenvalue weighted by Gasteiger charge is -2.45. The van der Waals surface area contributed by atoms with Crippen molar-refractivity contribution in [2.24, 2.45) is 16.7 Å². The van der Waals surface area contributed by atoms with Crippen LogP contribution in [-0.4, -0.2) is 144 Å². The molecule has 4 atom stereocenters.